The van der Waals surface area contributed by atoms with Gasteiger partial charge < -0.3 is 0 Å². The van der Waals surface area contributed by atoms with E-state index in [1.807, 2.05) is 13.8 Å². The Balaban J connectivity index is 4.95. The number of nitriles is 2. The SMILES string of the molecule is CC(C)=C(C/C=C(/SC#N)C(C)(C)C)SC#N. The second-order valence-electron chi connectivity index (χ2n) is 4.83. The first kappa shape index (κ1) is 16.2. The highest BCUT2D eigenvalue weighted by molar-refractivity contribution is 8.07. The lowest BCUT2D eigenvalue weighted by atomic mass is 9.95. The number of thioether (sulfide) groups is 2. The van der Waals surface area contributed by atoms with Crippen LogP contribution in [0.4, 0.5) is 0 Å². The predicted molar refractivity (Wildman–Crippen MR) is 76.9 cm³/mol. The van der Waals surface area contributed by atoms with Crippen LogP contribution in [0.2, 0.25) is 0 Å². The minimum Gasteiger partial charge on any atom is -0.185 e. The van der Waals surface area contributed by atoms with Gasteiger partial charge in [-0.2, -0.15) is 10.5 Å². The highest BCUT2D eigenvalue weighted by Gasteiger charge is 2.17. The molecule has 0 rings (SSSR count). The van der Waals surface area contributed by atoms with E-state index in [0.29, 0.717) is 0 Å². The minimum atomic E-state index is -0.0234. The van der Waals surface area contributed by atoms with Crippen LogP contribution in [0.1, 0.15) is 41.0 Å². The lowest BCUT2D eigenvalue weighted by Gasteiger charge is -2.20. The first-order valence-corrected chi connectivity index (χ1v) is 6.95. The summed E-state index contributed by atoms with van der Waals surface area (Å²) >= 11 is 2.41. The van der Waals surface area contributed by atoms with Crippen molar-refractivity contribution in [2.45, 2.75) is 41.0 Å². The molecule has 0 amide bonds. The van der Waals surface area contributed by atoms with Crippen LogP contribution < -0.4 is 0 Å². The Morgan fingerprint density at radius 1 is 1.12 bits per heavy atom. The van der Waals surface area contributed by atoms with E-state index in [2.05, 4.69) is 37.6 Å². The van der Waals surface area contributed by atoms with Gasteiger partial charge in [0.05, 0.1) is 0 Å². The molecule has 0 aliphatic rings. The summed E-state index contributed by atoms with van der Waals surface area (Å²) in [5, 5.41) is 21.7. The molecule has 17 heavy (non-hydrogen) atoms. The standard InChI is InChI=1S/C13H18N2S2/c1-10(2)11(16-8-14)6-7-12(17-9-15)13(3,4)5/h7H,6H2,1-5H3/b12-7+. The Morgan fingerprint density at radius 2 is 1.65 bits per heavy atom. The Hall–Kier alpha value is -0.840. The van der Waals surface area contributed by atoms with Crippen molar-refractivity contribution in [3.63, 3.8) is 0 Å². The van der Waals surface area contributed by atoms with Crippen LogP contribution in [0.3, 0.4) is 0 Å². The quantitative estimate of drug-likeness (QED) is 0.670. The monoisotopic (exact) mass is 266 g/mol. The van der Waals surface area contributed by atoms with Crippen molar-refractivity contribution in [2.75, 3.05) is 0 Å². The smallest absolute Gasteiger partial charge is 0.138 e. The van der Waals surface area contributed by atoms with Gasteiger partial charge in [0.2, 0.25) is 0 Å². The molecule has 0 spiro atoms. The Morgan fingerprint density at radius 3 is 2.00 bits per heavy atom. The van der Waals surface area contributed by atoms with Gasteiger partial charge in [-0.3, -0.25) is 0 Å². The lowest BCUT2D eigenvalue weighted by molar-refractivity contribution is 0.532. The molecule has 0 radical (unpaired) electrons. The largest absolute Gasteiger partial charge is 0.185 e. The lowest BCUT2D eigenvalue weighted by Crippen LogP contribution is -2.06. The van der Waals surface area contributed by atoms with Gasteiger partial charge >= 0.3 is 0 Å². The molecule has 0 bridgehead atoms. The van der Waals surface area contributed by atoms with E-state index in [1.54, 1.807) is 0 Å². The molecule has 0 aromatic carbocycles. The van der Waals surface area contributed by atoms with Crippen LogP contribution >= 0.6 is 23.5 Å². The van der Waals surface area contributed by atoms with Gasteiger partial charge in [0.15, 0.2) is 0 Å². The first-order valence-electron chi connectivity index (χ1n) is 5.31. The van der Waals surface area contributed by atoms with E-state index in [1.165, 1.54) is 23.5 Å². The van der Waals surface area contributed by atoms with Gasteiger partial charge in [-0.25, -0.2) is 0 Å². The number of allylic oxidation sites excluding steroid dienone is 4. The molecule has 92 valence electrons. The van der Waals surface area contributed by atoms with Crippen molar-refractivity contribution in [1.29, 1.82) is 10.5 Å². The average Bonchev–Trinajstić information content (AvgIpc) is 2.20. The fraction of sp³-hybridized carbons (Fsp3) is 0.538. The average molecular weight is 266 g/mol. The molecular formula is C13H18N2S2. The normalized spacial score (nSPS) is 11.6. The highest BCUT2D eigenvalue weighted by Crippen LogP contribution is 2.35. The summed E-state index contributed by atoms with van der Waals surface area (Å²) in [4.78, 5) is 2.12. The number of hydrogen-bond donors (Lipinski definition) is 0. The minimum absolute atomic E-state index is 0.0234. The Kier molecular flexibility index (Phi) is 7.11. The third kappa shape index (κ3) is 6.46. The third-order valence-corrected chi connectivity index (χ3v) is 4.10. The maximum atomic E-state index is 8.78. The molecule has 0 heterocycles. The van der Waals surface area contributed by atoms with E-state index >= 15 is 0 Å². The van der Waals surface area contributed by atoms with Crippen molar-refractivity contribution in [3.8, 4) is 10.8 Å². The van der Waals surface area contributed by atoms with E-state index in [4.69, 9.17) is 10.5 Å². The molecule has 2 nitrogen and oxygen atoms in total. The fourth-order valence-corrected chi connectivity index (χ4v) is 2.19. The molecular weight excluding hydrogens is 248 g/mol. The number of hydrogen-bond acceptors (Lipinski definition) is 4. The summed E-state index contributed by atoms with van der Waals surface area (Å²) in [6.07, 6.45) is 2.78. The van der Waals surface area contributed by atoms with Gasteiger partial charge in [-0.1, -0.05) is 32.4 Å². The van der Waals surface area contributed by atoms with Crippen molar-refractivity contribution >= 4 is 23.5 Å². The molecule has 0 aromatic rings. The summed E-state index contributed by atoms with van der Waals surface area (Å²) in [5.41, 5.74) is 1.13. The van der Waals surface area contributed by atoms with Gasteiger partial charge in [0.1, 0.15) is 10.8 Å². The molecule has 0 saturated carbocycles. The summed E-state index contributed by atoms with van der Waals surface area (Å²) in [5.74, 6) is 0. The maximum absolute atomic E-state index is 8.78. The molecule has 4 heteroatoms. The van der Waals surface area contributed by atoms with Gasteiger partial charge in [-0.05, 0) is 49.2 Å². The van der Waals surface area contributed by atoms with Crippen LogP contribution in [-0.4, -0.2) is 0 Å². The highest BCUT2D eigenvalue weighted by atomic mass is 32.2. The zero-order valence-corrected chi connectivity index (χ0v) is 12.6. The van der Waals surface area contributed by atoms with Crippen LogP contribution in [-0.2, 0) is 0 Å². The van der Waals surface area contributed by atoms with Crippen molar-refractivity contribution < 1.29 is 0 Å². The van der Waals surface area contributed by atoms with Crippen molar-refractivity contribution in [3.05, 3.63) is 21.5 Å². The molecule has 0 aliphatic carbocycles. The maximum Gasteiger partial charge on any atom is 0.138 e. The molecule has 0 unspecified atom stereocenters. The molecule has 0 fully saturated rings. The predicted octanol–water partition coefficient (Wildman–Crippen LogP) is 5.03. The summed E-state index contributed by atoms with van der Waals surface area (Å²) in [6, 6.07) is 0. The van der Waals surface area contributed by atoms with Crippen LogP contribution in [0.15, 0.2) is 21.5 Å². The van der Waals surface area contributed by atoms with Gasteiger partial charge in [0, 0.05) is 9.81 Å². The van der Waals surface area contributed by atoms with E-state index in [-0.39, 0.29) is 5.41 Å². The summed E-state index contributed by atoms with van der Waals surface area (Å²) in [6.45, 7) is 10.3. The van der Waals surface area contributed by atoms with Crippen LogP contribution in [0.5, 0.6) is 0 Å². The van der Waals surface area contributed by atoms with Crippen molar-refractivity contribution in [1.82, 2.24) is 0 Å². The van der Waals surface area contributed by atoms with Crippen LogP contribution in [0.25, 0.3) is 0 Å². The van der Waals surface area contributed by atoms with Gasteiger partial charge in [-0.15, -0.1) is 0 Å². The molecule has 0 atom stereocenters. The van der Waals surface area contributed by atoms with E-state index in [0.717, 1.165) is 21.8 Å². The number of rotatable bonds is 4. The molecule has 0 saturated heterocycles. The first-order chi connectivity index (χ1) is 7.82. The Labute approximate surface area is 113 Å². The topological polar surface area (TPSA) is 47.6 Å². The molecule has 0 aliphatic heterocycles. The molecule has 0 N–H and O–H groups in total. The second kappa shape index (κ2) is 7.48. The van der Waals surface area contributed by atoms with Crippen molar-refractivity contribution in [2.24, 2.45) is 5.41 Å². The zero-order valence-electron chi connectivity index (χ0n) is 11.0. The fourth-order valence-electron chi connectivity index (χ4n) is 1.14. The second-order valence-corrected chi connectivity index (χ2v) is 6.54. The van der Waals surface area contributed by atoms with E-state index in [9.17, 15) is 0 Å². The van der Waals surface area contributed by atoms with E-state index < -0.39 is 0 Å². The summed E-state index contributed by atoms with van der Waals surface area (Å²) in [7, 11) is 0. The summed E-state index contributed by atoms with van der Waals surface area (Å²) < 4.78 is 0. The third-order valence-electron chi connectivity index (χ3n) is 2.09. The number of thiocyanates is 2. The van der Waals surface area contributed by atoms with Gasteiger partial charge in [0.25, 0.3) is 0 Å². The van der Waals surface area contributed by atoms with Crippen LogP contribution in [0, 0.1) is 26.7 Å². The molecule has 0 aromatic heterocycles. The number of nitrogens with zero attached hydrogens (tertiary/aromatic N) is 2. The Bertz CT molecular complexity index is 397. The zero-order chi connectivity index (χ0) is 13.5.